The van der Waals surface area contributed by atoms with E-state index in [-0.39, 0.29) is 12.0 Å². The minimum Gasteiger partial charge on any atom is -0.331 e. The molecule has 49 heavy (non-hydrogen) atoms. The molecular weight excluding hydrogens is 593 g/mol. The Balaban J connectivity index is 1.06. The van der Waals surface area contributed by atoms with Crippen molar-refractivity contribution in [1.82, 2.24) is 0 Å². The summed E-state index contributed by atoms with van der Waals surface area (Å²) in [4.78, 5) is 4.92. The first-order valence-electron chi connectivity index (χ1n) is 17.7. The van der Waals surface area contributed by atoms with Crippen LogP contribution in [-0.4, -0.2) is 6.04 Å². The van der Waals surface area contributed by atoms with Crippen LogP contribution in [0, 0.1) is 17.8 Å². The largest absolute Gasteiger partial charge is 0.331 e. The third-order valence-corrected chi connectivity index (χ3v) is 10.1. The molecule has 0 heterocycles. The van der Waals surface area contributed by atoms with E-state index in [1.807, 2.05) is 0 Å². The molecule has 240 valence electrons. The highest BCUT2D eigenvalue weighted by molar-refractivity contribution is 5.86. The Hall–Kier alpha value is -5.60. The molecule has 0 amide bonds. The molecule has 0 N–H and O–H groups in total. The maximum atomic E-state index is 2.50. The highest BCUT2D eigenvalue weighted by Gasteiger charge is 2.27. The first-order chi connectivity index (χ1) is 24.3. The molecule has 8 rings (SSSR count). The van der Waals surface area contributed by atoms with Crippen LogP contribution in [-0.2, 0) is 0 Å². The fourth-order valence-corrected chi connectivity index (χ4v) is 7.57. The summed E-state index contributed by atoms with van der Waals surface area (Å²) in [6.07, 6.45) is 48.7. The van der Waals surface area contributed by atoms with Crippen molar-refractivity contribution in [1.29, 1.82) is 0 Å². The number of anilines is 2. The van der Waals surface area contributed by atoms with Gasteiger partial charge >= 0.3 is 0 Å². The Kier molecular flexibility index (Phi) is 8.94. The van der Waals surface area contributed by atoms with E-state index >= 15 is 0 Å². The molecule has 5 aliphatic rings. The van der Waals surface area contributed by atoms with Gasteiger partial charge in [0, 0.05) is 40.3 Å². The summed E-state index contributed by atoms with van der Waals surface area (Å²) < 4.78 is 0. The van der Waals surface area contributed by atoms with Crippen LogP contribution in [0.5, 0.6) is 0 Å². The van der Waals surface area contributed by atoms with Crippen LogP contribution in [0.15, 0.2) is 217 Å². The average Bonchev–Trinajstić information content (AvgIpc) is 3.67. The van der Waals surface area contributed by atoms with Crippen LogP contribution in [0.2, 0.25) is 0 Å². The van der Waals surface area contributed by atoms with Gasteiger partial charge in [0.25, 0.3) is 0 Å². The summed E-state index contributed by atoms with van der Waals surface area (Å²) in [5.41, 5.74) is 7.50. The zero-order valence-corrected chi connectivity index (χ0v) is 27.8. The van der Waals surface area contributed by atoms with E-state index in [0.717, 1.165) is 18.5 Å². The van der Waals surface area contributed by atoms with Crippen LogP contribution < -0.4 is 9.80 Å². The van der Waals surface area contributed by atoms with E-state index in [0.29, 0.717) is 11.8 Å². The molecule has 0 spiro atoms. The van der Waals surface area contributed by atoms with Gasteiger partial charge in [0.15, 0.2) is 0 Å². The van der Waals surface area contributed by atoms with E-state index in [4.69, 9.17) is 0 Å². The molecular formula is C47H42N2. The summed E-state index contributed by atoms with van der Waals surface area (Å²) in [5, 5.41) is 2.50. The van der Waals surface area contributed by atoms with Crippen LogP contribution in [0.3, 0.4) is 0 Å². The van der Waals surface area contributed by atoms with Gasteiger partial charge in [0.1, 0.15) is 0 Å². The van der Waals surface area contributed by atoms with Crippen molar-refractivity contribution in [3.63, 3.8) is 0 Å². The molecule has 2 nitrogen and oxygen atoms in total. The van der Waals surface area contributed by atoms with Crippen molar-refractivity contribution in [3.8, 4) is 0 Å². The first kappa shape index (κ1) is 30.7. The summed E-state index contributed by atoms with van der Waals surface area (Å²) in [6.45, 7) is 0. The number of allylic oxidation sites excluding steroid dienone is 20. The number of hydrogen-bond acceptors (Lipinski definition) is 2. The normalized spacial score (nSPS) is 22.8. The molecule has 3 atom stereocenters. The van der Waals surface area contributed by atoms with Gasteiger partial charge in [-0.2, -0.15) is 0 Å². The van der Waals surface area contributed by atoms with Gasteiger partial charge in [0.05, 0.1) is 6.04 Å². The Labute approximate surface area is 291 Å². The quantitative estimate of drug-likeness (QED) is 0.255. The molecule has 3 aromatic rings. The number of nitrogens with zero attached hydrogens (tertiary/aromatic N) is 2. The SMILES string of the molecule is C1=CC=CC(N(C2=CC=CC(C3=CCC=C(N(C4=CC5C=CC=CC5CC4)c4ccccc4)C=C3)C=C2)c2ccc3ccccc3c2)C=C1. The maximum Gasteiger partial charge on any atom is 0.0712 e. The lowest BCUT2D eigenvalue weighted by Crippen LogP contribution is -2.31. The second-order valence-electron chi connectivity index (χ2n) is 13.2. The van der Waals surface area contributed by atoms with Crippen molar-refractivity contribution in [2.75, 3.05) is 9.80 Å². The van der Waals surface area contributed by atoms with E-state index in [1.54, 1.807) is 0 Å². The number of hydrogen-bond donors (Lipinski definition) is 0. The standard InChI is InChI=1S/C47H42N2/c1-2-5-21-42(20-4-1)48(46-32-28-38-14-8-10-16-40(38)34-46)44-24-12-18-36(26-30-44)37-19-13-25-45(31-27-37)49(43-22-6-3-7-23-43)47-33-29-39-15-9-11-17-41(39)35-47/h1-12,14-28,30-32,34-36,39,41-42H,13,29,33H2. The number of benzene rings is 3. The molecule has 0 fully saturated rings. The van der Waals surface area contributed by atoms with Crippen molar-refractivity contribution < 1.29 is 0 Å². The lowest BCUT2D eigenvalue weighted by atomic mass is 9.80. The zero-order valence-electron chi connectivity index (χ0n) is 27.8. The average molecular weight is 635 g/mol. The zero-order chi connectivity index (χ0) is 32.8. The monoisotopic (exact) mass is 634 g/mol. The molecule has 0 saturated heterocycles. The Bertz CT molecular complexity index is 2050. The Morgan fingerprint density at radius 3 is 2.24 bits per heavy atom. The highest BCUT2D eigenvalue weighted by atomic mass is 15.2. The lowest BCUT2D eigenvalue weighted by molar-refractivity contribution is 0.476. The van der Waals surface area contributed by atoms with E-state index in [2.05, 4.69) is 204 Å². The molecule has 3 aromatic carbocycles. The van der Waals surface area contributed by atoms with Gasteiger partial charge in [-0.05, 0) is 84.0 Å². The minimum atomic E-state index is 0.0919. The molecule has 0 aromatic heterocycles. The highest BCUT2D eigenvalue weighted by Crippen LogP contribution is 2.39. The van der Waals surface area contributed by atoms with E-state index in [1.165, 1.54) is 45.5 Å². The molecule has 3 unspecified atom stereocenters. The van der Waals surface area contributed by atoms with E-state index in [9.17, 15) is 0 Å². The predicted molar refractivity (Wildman–Crippen MR) is 209 cm³/mol. The van der Waals surface area contributed by atoms with E-state index < -0.39 is 0 Å². The fraction of sp³-hybridized carbons (Fsp3) is 0.149. The van der Waals surface area contributed by atoms with Crippen LogP contribution in [0.25, 0.3) is 10.8 Å². The molecule has 0 aliphatic heterocycles. The van der Waals surface area contributed by atoms with Crippen molar-refractivity contribution in [2.45, 2.75) is 25.3 Å². The minimum absolute atomic E-state index is 0.0919. The van der Waals surface area contributed by atoms with Crippen LogP contribution in [0.4, 0.5) is 11.4 Å². The molecule has 0 radical (unpaired) electrons. The molecule has 0 bridgehead atoms. The third-order valence-electron chi connectivity index (χ3n) is 10.1. The summed E-state index contributed by atoms with van der Waals surface area (Å²) in [5.74, 6) is 1.24. The number of para-hydroxylation sites is 1. The molecule has 2 heteroatoms. The van der Waals surface area contributed by atoms with Crippen molar-refractivity contribution >= 4 is 22.1 Å². The topological polar surface area (TPSA) is 6.48 Å². The second kappa shape index (κ2) is 14.3. The summed E-state index contributed by atoms with van der Waals surface area (Å²) in [7, 11) is 0. The van der Waals surface area contributed by atoms with Crippen LogP contribution in [0.1, 0.15) is 19.3 Å². The first-order valence-corrected chi connectivity index (χ1v) is 17.7. The van der Waals surface area contributed by atoms with Crippen molar-refractivity contribution in [3.05, 3.63) is 217 Å². The van der Waals surface area contributed by atoms with Gasteiger partial charge < -0.3 is 9.80 Å². The van der Waals surface area contributed by atoms with Gasteiger partial charge in [-0.25, -0.2) is 0 Å². The molecule has 5 aliphatic carbocycles. The summed E-state index contributed by atoms with van der Waals surface area (Å²) in [6, 6.07) is 26.3. The molecule has 0 saturated carbocycles. The van der Waals surface area contributed by atoms with Crippen LogP contribution >= 0.6 is 0 Å². The smallest absolute Gasteiger partial charge is 0.0712 e. The Morgan fingerprint density at radius 2 is 1.37 bits per heavy atom. The van der Waals surface area contributed by atoms with Gasteiger partial charge in [0.2, 0.25) is 0 Å². The Morgan fingerprint density at radius 1 is 0.571 bits per heavy atom. The maximum absolute atomic E-state index is 2.50. The third kappa shape index (κ3) is 6.73. The van der Waals surface area contributed by atoms with Gasteiger partial charge in [-0.3, -0.25) is 0 Å². The second-order valence-corrected chi connectivity index (χ2v) is 13.2. The predicted octanol–water partition coefficient (Wildman–Crippen LogP) is 11.6. The number of rotatable bonds is 7. The summed E-state index contributed by atoms with van der Waals surface area (Å²) >= 11 is 0. The van der Waals surface area contributed by atoms with Gasteiger partial charge in [-0.15, -0.1) is 0 Å². The van der Waals surface area contributed by atoms with Gasteiger partial charge in [-0.1, -0.05) is 152 Å². The fourth-order valence-electron chi connectivity index (χ4n) is 7.57. The lowest BCUT2D eigenvalue weighted by Gasteiger charge is -2.35. The number of fused-ring (bicyclic) bond motifs is 2. The van der Waals surface area contributed by atoms with Crippen molar-refractivity contribution in [2.24, 2.45) is 17.8 Å².